The van der Waals surface area contributed by atoms with Gasteiger partial charge in [-0.05, 0) is 48.4 Å². The molecule has 2 aliphatic rings. The number of rotatable bonds is 4. The van der Waals surface area contributed by atoms with Crippen molar-refractivity contribution in [1.29, 1.82) is 0 Å². The number of methoxy groups -OCH3 is 1. The van der Waals surface area contributed by atoms with Crippen molar-refractivity contribution < 1.29 is 9.53 Å². The van der Waals surface area contributed by atoms with Gasteiger partial charge in [0.15, 0.2) is 0 Å². The summed E-state index contributed by atoms with van der Waals surface area (Å²) in [4.78, 5) is 16.8. The Morgan fingerprint density at radius 2 is 1.96 bits per heavy atom. The fourth-order valence-electron chi connectivity index (χ4n) is 4.49. The van der Waals surface area contributed by atoms with E-state index in [-0.39, 0.29) is 5.41 Å². The highest BCUT2D eigenvalue weighted by molar-refractivity contribution is 7.10. The molecule has 2 heterocycles. The lowest BCUT2D eigenvalue weighted by atomic mass is 9.83. The molecule has 0 N–H and O–H groups in total. The molecule has 1 unspecified atom stereocenters. The zero-order chi connectivity index (χ0) is 17.3. The predicted octanol–water partition coefficient (Wildman–Crippen LogP) is 4.58. The molecule has 4 rings (SSSR count). The summed E-state index contributed by atoms with van der Waals surface area (Å²) in [7, 11) is 1.69. The quantitative estimate of drug-likeness (QED) is 0.803. The lowest BCUT2D eigenvalue weighted by Gasteiger charge is -2.31. The Labute approximate surface area is 153 Å². The second-order valence-corrected chi connectivity index (χ2v) is 8.22. The topological polar surface area (TPSA) is 29.5 Å². The molecule has 132 valence electrons. The number of carbonyl (C=O) groups excluding carboxylic acids is 1. The molecule has 25 heavy (non-hydrogen) atoms. The van der Waals surface area contributed by atoms with E-state index >= 15 is 0 Å². The molecule has 1 aliphatic carbocycles. The Hall–Kier alpha value is -1.81. The van der Waals surface area contributed by atoms with Crippen molar-refractivity contribution in [2.45, 2.75) is 43.4 Å². The molecule has 1 saturated carbocycles. The third kappa shape index (κ3) is 2.97. The third-order valence-electron chi connectivity index (χ3n) is 5.92. The number of benzene rings is 1. The molecule has 1 aliphatic heterocycles. The van der Waals surface area contributed by atoms with Crippen LogP contribution in [-0.4, -0.2) is 31.0 Å². The zero-order valence-corrected chi connectivity index (χ0v) is 15.6. The van der Waals surface area contributed by atoms with Gasteiger partial charge in [-0.15, -0.1) is 11.3 Å². The van der Waals surface area contributed by atoms with E-state index in [2.05, 4.69) is 34.5 Å². The molecular weight excluding hydrogens is 330 g/mol. The third-order valence-corrected chi connectivity index (χ3v) is 7.00. The maximum atomic E-state index is 13.5. The van der Waals surface area contributed by atoms with Crippen molar-refractivity contribution in [2.75, 3.05) is 20.2 Å². The average molecular weight is 356 g/mol. The highest BCUT2D eigenvalue weighted by Gasteiger charge is 2.46. The van der Waals surface area contributed by atoms with E-state index in [9.17, 15) is 4.79 Å². The number of likely N-dealkylation sites (tertiary alicyclic amines) is 1. The molecule has 0 radical (unpaired) electrons. The minimum Gasteiger partial charge on any atom is -0.497 e. The van der Waals surface area contributed by atoms with Crippen LogP contribution in [0.1, 0.15) is 48.5 Å². The van der Waals surface area contributed by atoms with Gasteiger partial charge >= 0.3 is 0 Å². The van der Waals surface area contributed by atoms with Crippen LogP contribution in [0, 0.1) is 0 Å². The van der Waals surface area contributed by atoms with Gasteiger partial charge in [0.05, 0.1) is 12.5 Å². The van der Waals surface area contributed by atoms with Crippen molar-refractivity contribution in [3.05, 3.63) is 52.2 Å². The number of amides is 1. The maximum Gasteiger partial charge on any atom is 0.234 e. The van der Waals surface area contributed by atoms with Crippen LogP contribution in [-0.2, 0) is 10.2 Å². The van der Waals surface area contributed by atoms with E-state index in [0.717, 1.165) is 38.1 Å². The Morgan fingerprint density at radius 1 is 1.20 bits per heavy atom. The number of carbonyl (C=O) groups is 1. The highest BCUT2D eigenvalue weighted by Crippen LogP contribution is 2.45. The van der Waals surface area contributed by atoms with E-state index in [1.807, 2.05) is 12.1 Å². The molecular formula is C21H25NO2S. The fourth-order valence-corrected chi connectivity index (χ4v) is 5.47. The lowest BCUT2D eigenvalue weighted by molar-refractivity contribution is -0.136. The molecule has 4 heteroatoms. The van der Waals surface area contributed by atoms with Crippen molar-refractivity contribution in [3.63, 3.8) is 0 Å². The molecule has 2 aromatic rings. The van der Waals surface area contributed by atoms with Crippen LogP contribution >= 0.6 is 11.3 Å². The first-order valence-corrected chi connectivity index (χ1v) is 10.1. The summed E-state index contributed by atoms with van der Waals surface area (Å²) < 4.78 is 5.25. The van der Waals surface area contributed by atoms with Gasteiger partial charge in [-0.3, -0.25) is 4.79 Å². The van der Waals surface area contributed by atoms with Crippen molar-refractivity contribution in [2.24, 2.45) is 0 Å². The van der Waals surface area contributed by atoms with Crippen molar-refractivity contribution in [1.82, 2.24) is 4.90 Å². The Kier molecular flexibility index (Phi) is 4.55. The smallest absolute Gasteiger partial charge is 0.234 e. The number of nitrogens with zero attached hydrogens (tertiary/aromatic N) is 1. The molecule has 1 atom stereocenters. The van der Waals surface area contributed by atoms with Crippen LogP contribution < -0.4 is 4.74 Å². The van der Waals surface area contributed by atoms with Crippen LogP contribution in [0.5, 0.6) is 5.75 Å². The summed E-state index contributed by atoms with van der Waals surface area (Å²) in [6.45, 7) is 1.72. The van der Waals surface area contributed by atoms with Gasteiger partial charge < -0.3 is 9.64 Å². The summed E-state index contributed by atoms with van der Waals surface area (Å²) in [6, 6.07) is 12.6. The van der Waals surface area contributed by atoms with Gasteiger partial charge in [0.25, 0.3) is 0 Å². The van der Waals surface area contributed by atoms with Gasteiger partial charge in [0.1, 0.15) is 5.75 Å². The first-order chi connectivity index (χ1) is 12.2. The number of hydrogen-bond donors (Lipinski definition) is 0. The normalized spacial score (nSPS) is 22.3. The van der Waals surface area contributed by atoms with Crippen molar-refractivity contribution >= 4 is 17.2 Å². The second-order valence-electron chi connectivity index (χ2n) is 7.28. The Bertz CT molecular complexity index is 717. The van der Waals surface area contributed by atoms with E-state index < -0.39 is 0 Å². The maximum absolute atomic E-state index is 13.5. The van der Waals surface area contributed by atoms with E-state index in [0.29, 0.717) is 11.8 Å². The molecule has 3 nitrogen and oxygen atoms in total. The number of hydrogen-bond acceptors (Lipinski definition) is 3. The van der Waals surface area contributed by atoms with Crippen LogP contribution in [0.4, 0.5) is 0 Å². The molecule has 0 bridgehead atoms. The molecule has 1 saturated heterocycles. The van der Waals surface area contributed by atoms with Crippen LogP contribution in [0.3, 0.4) is 0 Å². The summed E-state index contributed by atoms with van der Waals surface area (Å²) in [5.41, 5.74) is 1.07. The van der Waals surface area contributed by atoms with Gasteiger partial charge in [0.2, 0.25) is 5.91 Å². The van der Waals surface area contributed by atoms with Gasteiger partial charge in [-0.25, -0.2) is 0 Å². The van der Waals surface area contributed by atoms with Gasteiger partial charge in [-0.1, -0.05) is 31.0 Å². The predicted molar refractivity (Wildman–Crippen MR) is 101 cm³/mol. The molecule has 1 amide bonds. The first-order valence-electron chi connectivity index (χ1n) is 9.20. The molecule has 1 aromatic carbocycles. The summed E-state index contributed by atoms with van der Waals surface area (Å²) >= 11 is 1.75. The number of thiophene rings is 1. The molecule has 0 spiro atoms. The highest BCUT2D eigenvalue weighted by atomic mass is 32.1. The summed E-state index contributed by atoms with van der Waals surface area (Å²) in [5.74, 6) is 1.69. The summed E-state index contributed by atoms with van der Waals surface area (Å²) in [6.07, 6.45) is 5.41. The molecule has 2 fully saturated rings. The monoisotopic (exact) mass is 355 g/mol. The van der Waals surface area contributed by atoms with E-state index in [1.165, 1.54) is 23.3 Å². The summed E-state index contributed by atoms with van der Waals surface area (Å²) in [5, 5.41) is 2.10. The molecule has 1 aromatic heterocycles. The lowest BCUT2D eigenvalue weighted by Crippen LogP contribution is -2.44. The van der Waals surface area contributed by atoms with E-state index in [4.69, 9.17) is 4.74 Å². The fraction of sp³-hybridized carbons (Fsp3) is 0.476. The average Bonchev–Trinajstić information content (AvgIpc) is 3.42. The minimum absolute atomic E-state index is 0.247. The Morgan fingerprint density at radius 3 is 2.60 bits per heavy atom. The van der Waals surface area contributed by atoms with E-state index in [1.54, 1.807) is 18.4 Å². The zero-order valence-electron chi connectivity index (χ0n) is 14.7. The first kappa shape index (κ1) is 16.6. The van der Waals surface area contributed by atoms with Crippen LogP contribution in [0.25, 0.3) is 0 Å². The van der Waals surface area contributed by atoms with Gasteiger partial charge in [-0.2, -0.15) is 0 Å². The van der Waals surface area contributed by atoms with Crippen LogP contribution in [0.2, 0.25) is 0 Å². The second kappa shape index (κ2) is 6.83. The largest absolute Gasteiger partial charge is 0.497 e. The van der Waals surface area contributed by atoms with Crippen LogP contribution in [0.15, 0.2) is 41.8 Å². The minimum atomic E-state index is -0.247. The SMILES string of the molecule is COc1ccc(C2CCN(C(=O)C3(c4cccs4)CCCC3)C2)cc1. The van der Waals surface area contributed by atoms with Gasteiger partial charge in [0, 0.05) is 23.9 Å². The van der Waals surface area contributed by atoms with Crippen molar-refractivity contribution in [3.8, 4) is 5.75 Å². The standard InChI is InChI=1S/C21H25NO2S/c1-24-18-8-6-16(7-9-18)17-10-13-22(15-17)20(23)21(11-2-3-12-21)19-5-4-14-25-19/h4-9,14,17H,2-3,10-13,15H2,1H3. The Balaban J connectivity index is 1.51. The number of ether oxygens (including phenoxy) is 1.